The lowest BCUT2D eigenvalue weighted by Gasteiger charge is -2.03. The van der Waals surface area contributed by atoms with Crippen LogP contribution in [0.4, 0.5) is 0 Å². The molecule has 3 aromatic heterocycles. The highest BCUT2D eigenvalue weighted by Gasteiger charge is 2.16. The van der Waals surface area contributed by atoms with Gasteiger partial charge in [-0.2, -0.15) is 0 Å². The van der Waals surface area contributed by atoms with Crippen LogP contribution in [-0.2, 0) is 16.4 Å². The molecular weight excluding hydrogens is 376 g/mol. The number of hydrogen-bond acceptors (Lipinski definition) is 5. The van der Waals surface area contributed by atoms with Gasteiger partial charge >= 0.3 is 0 Å². The lowest BCUT2D eigenvalue weighted by Crippen LogP contribution is -2.25. The summed E-state index contributed by atoms with van der Waals surface area (Å²) in [5.74, 6) is 0.723. The lowest BCUT2D eigenvalue weighted by atomic mass is 10.4. The van der Waals surface area contributed by atoms with Gasteiger partial charge < -0.3 is 0 Å². The predicted molar refractivity (Wildman–Crippen MR) is 83.9 cm³/mol. The number of halogens is 1. The van der Waals surface area contributed by atoms with Crippen LogP contribution in [0, 0.1) is 0 Å². The molecule has 0 saturated heterocycles. The van der Waals surface area contributed by atoms with Crippen molar-refractivity contribution in [1.82, 2.24) is 19.3 Å². The van der Waals surface area contributed by atoms with E-state index in [4.69, 9.17) is 0 Å². The Bertz CT molecular complexity index is 872. The Hall–Kier alpha value is -1.29. The van der Waals surface area contributed by atoms with Gasteiger partial charge in [0.2, 0.25) is 10.0 Å². The first-order valence-corrected chi connectivity index (χ1v) is 9.19. The minimum Gasteiger partial charge on any atom is -0.286 e. The Kier molecular flexibility index (Phi) is 4.07. The molecule has 0 amide bonds. The molecule has 3 aromatic rings. The number of hydrogen-bond donors (Lipinski definition) is 1. The zero-order valence-electron chi connectivity index (χ0n) is 10.7. The molecular formula is C12H11BrN4O2S2. The minimum absolute atomic E-state index is 0.271. The molecule has 0 bridgehead atoms. The first-order valence-electron chi connectivity index (χ1n) is 6.10. The van der Waals surface area contributed by atoms with E-state index in [1.165, 1.54) is 11.3 Å². The van der Waals surface area contributed by atoms with Crippen molar-refractivity contribution in [3.63, 3.8) is 0 Å². The van der Waals surface area contributed by atoms with E-state index in [1.54, 1.807) is 12.1 Å². The van der Waals surface area contributed by atoms with Gasteiger partial charge in [-0.25, -0.2) is 13.1 Å². The summed E-state index contributed by atoms with van der Waals surface area (Å²) in [5.41, 5.74) is 0.748. The molecule has 110 valence electrons. The molecule has 0 saturated carbocycles. The van der Waals surface area contributed by atoms with Crippen molar-refractivity contribution in [3.05, 3.63) is 46.1 Å². The zero-order valence-corrected chi connectivity index (χ0v) is 13.9. The van der Waals surface area contributed by atoms with Crippen LogP contribution in [0.3, 0.4) is 0 Å². The molecule has 3 rings (SSSR count). The number of pyridine rings is 1. The highest BCUT2D eigenvalue weighted by atomic mass is 79.9. The molecule has 0 radical (unpaired) electrons. The molecule has 9 heteroatoms. The molecule has 0 aliphatic rings. The van der Waals surface area contributed by atoms with Gasteiger partial charge in [0.25, 0.3) is 0 Å². The number of fused-ring (bicyclic) bond motifs is 1. The van der Waals surface area contributed by atoms with Gasteiger partial charge in [0.05, 0.1) is 3.79 Å². The Morgan fingerprint density at radius 2 is 2.10 bits per heavy atom. The van der Waals surface area contributed by atoms with E-state index in [0.29, 0.717) is 10.6 Å². The smallest absolute Gasteiger partial charge is 0.250 e. The Morgan fingerprint density at radius 1 is 1.24 bits per heavy atom. The van der Waals surface area contributed by atoms with Crippen molar-refractivity contribution in [3.8, 4) is 0 Å². The van der Waals surface area contributed by atoms with Gasteiger partial charge in [-0.15, -0.1) is 21.5 Å². The summed E-state index contributed by atoms with van der Waals surface area (Å²) < 4.78 is 29.6. The van der Waals surface area contributed by atoms with E-state index in [2.05, 4.69) is 30.8 Å². The first kappa shape index (κ1) is 14.6. The summed E-state index contributed by atoms with van der Waals surface area (Å²) in [6.45, 7) is 0.271. The van der Waals surface area contributed by atoms with Gasteiger partial charge in [-0.1, -0.05) is 6.07 Å². The van der Waals surface area contributed by atoms with Crippen molar-refractivity contribution in [1.29, 1.82) is 0 Å². The molecule has 0 aliphatic heterocycles. The van der Waals surface area contributed by atoms with Gasteiger partial charge in [0, 0.05) is 19.2 Å². The van der Waals surface area contributed by atoms with Crippen LogP contribution in [-0.4, -0.2) is 29.6 Å². The Labute approximate surface area is 134 Å². The van der Waals surface area contributed by atoms with Crippen LogP contribution in [0.2, 0.25) is 0 Å². The Balaban J connectivity index is 1.69. The number of thiophene rings is 1. The fraction of sp³-hybridized carbons (Fsp3) is 0.167. The predicted octanol–water partition coefficient (Wildman–Crippen LogP) is 2.07. The molecule has 1 N–H and O–H groups in total. The summed E-state index contributed by atoms with van der Waals surface area (Å²) in [6.07, 6.45) is 2.33. The normalized spacial score (nSPS) is 12.0. The summed E-state index contributed by atoms with van der Waals surface area (Å²) in [5, 5.41) is 8.09. The monoisotopic (exact) mass is 386 g/mol. The van der Waals surface area contributed by atoms with Crippen LogP contribution in [0.25, 0.3) is 5.65 Å². The van der Waals surface area contributed by atoms with Crippen molar-refractivity contribution in [2.24, 2.45) is 0 Å². The third-order valence-corrected chi connectivity index (χ3v) is 6.41. The van der Waals surface area contributed by atoms with E-state index in [1.807, 2.05) is 28.8 Å². The van der Waals surface area contributed by atoms with Crippen molar-refractivity contribution in [2.45, 2.75) is 10.6 Å². The average molecular weight is 387 g/mol. The number of nitrogens with zero attached hydrogens (tertiary/aromatic N) is 3. The second-order valence-corrected chi connectivity index (χ2v) is 8.71. The topological polar surface area (TPSA) is 76.4 Å². The summed E-state index contributed by atoms with van der Waals surface area (Å²) in [6, 6.07) is 8.90. The number of rotatable bonds is 5. The van der Waals surface area contributed by atoms with Gasteiger partial charge in [0.15, 0.2) is 5.65 Å². The highest BCUT2D eigenvalue weighted by molar-refractivity contribution is 9.11. The van der Waals surface area contributed by atoms with Gasteiger partial charge in [-0.05, 0) is 40.2 Å². The van der Waals surface area contributed by atoms with Crippen LogP contribution in [0.5, 0.6) is 0 Å². The molecule has 0 spiro atoms. The summed E-state index contributed by atoms with van der Waals surface area (Å²) >= 11 is 4.43. The molecule has 0 unspecified atom stereocenters. The quantitative estimate of drug-likeness (QED) is 0.727. The third kappa shape index (κ3) is 3.15. The molecule has 3 heterocycles. The van der Waals surface area contributed by atoms with Crippen LogP contribution in [0.15, 0.2) is 44.5 Å². The van der Waals surface area contributed by atoms with E-state index in [9.17, 15) is 8.42 Å². The molecule has 0 fully saturated rings. The maximum Gasteiger partial charge on any atom is 0.250 e. The van der Waals surface area contributed by atoms with Crippen LogP contribution >= 0.6 is 27.3 Å². The van der Waals surface area contributed by atoms with E-state index in [-0.39, 0.29) is 6.54 Å². The molecule has 0 aliphatic carbocycles. The molecule has 0 atom stereocenters. The van der Waals surface area contributed by atoms with Crippen LogP contribution in [0.1, 0.15) is 5.82 Å². The van der Waals surface area contributed by atoms with E-state index >= 15 is 0 Å². The zero-order chi connectivity index (χ0) is 14.9. The average Bonchev–Trinajstić information content (AvgIpc) is 3.06. The highest BCUT2D eigenvalue weighted by Crippen LogP contribution is 2.25. The maximum atomic E-state index is 12.1. The largest absolute Gasteiger partial charge is 0.286 e. The Morgan fingerprint density at radius 3 is 2.86 bits per heavy atom. The van der Waals surface area contributed by atoms with Crippen molar-refractivity contribution < 1.29 is 8.42 Å². The number of aromatic nitrogens is 3. The molecule has 21 heavy (non-hydrogen) atoms. The fourth-order valence-electron chi connectivity index (χ4n) is 1.87. The number of nitrogens with one attached hydrogen (secondary N) is 1. The standard InChI is InChI=1S/C12H11BrN4O2S2/c13-9-4-5-12(20-9)21(18,19)14-7-6-11-16-15-10-3-1-2-8-17(10)11/h1-5,8,14H,6-7H2. The fourth-order valence-corrected chi connectivity index (χ4v) is 4.96. The number of sulfonamides is 1. The molecule has 6 nitrogen and oxygen atoms in total. The molecule has 0 aromatic carbocycles. The van der Waals surface area contributed by atoms with Crippen molar-refractivity contribution in [2.75, 3.05) is 6.54 Å². The minimum atomic E-state index is -3.46. The summed E-state index contributed by atoms with van der Waals surface area (Å²) in [7, 11) is -3.46. The van der Waals surface area contributed by atoms with Crippen molar-refractivity contribution >= 4 is 42.9 Å². The first-order chi connectivity index (χ1) is 10.1. The van der Waals surface area contributed by atoms with Crippen LogP contribution < -0.4 is 4.72 Å². The SMILES string of the molecule is O=S(=O)(NCCc1nnc2ccccn12)c1ccc(Br)s1. The van der Waals surface area contributed by atoms with Gasteiger partial charge in [0.1, 0.15) is 10.0 Å². The van der Waals surface area contributed by atoms with E-state index in [0.717, 1.165) is 15.3 Å². The lowest BCUT2D eigenvalue weighted by molar-refractivity contribution is 0.582. The summed E-state index contributed by atoms with van der Waals surface area (Å²) in [4.78, 5) is 0. The second-order valence-electron chi connectivity index (χ2n) is 4.25. The maximum absolute atomic E-state index is 12.1. The van der Waals surface area contributed by atoms with E-state index < -0.39 is 10.0 Å². The third-order valence-electron chi connectivity index (χ3n) is 2.84. The van der Waals surface area contributed by atoms with Gasteiger partial charge in [-0.3, -0.25) is 4.40 Å². The second kappa shape index (κ2) is 5.84.